The largest absolute Gasteiger partial charge is 0.352 e. The standard InChI is InChI=1S/C19H25N3O3/c23-17-12-11-16(21-17)19(25)22(15-9-5-2-6-10-15)13-18(24)20-14-7-3-1-4-8-14/h2,5-6,9-10,14,16H,1,3-4,7-8,11-13H2,(H,20,24)(H,21,23). The van der Waals surface area contributed by atoms with Gasteiger partial charge in [-0.05, 0) is 31.4 Å². The molecule has 25 heavy (non-hydrogen) atoms. The molecule has 0 bridgehead atoms. The van der Waals surface area contributed by atoms with Gasteiger partial charge < -0.3 is 15.5 Å². The fourth-order valence-corrected chi connectivity index (χ4v) is 3.56. The Balaban J connectivity index is 1.69. The second-order valence-corrected chi connectivity index (χ2v) is 6.82. The summed E-state index contributed by atoms with van der Waals surface area (Å²) in [5, 5.41) is 5.75. The van der Waals surface area contributed by atoms with Crippen LogP contribution in [0.3, 0.4) is 0 Å². The van der Waals surface area contributed by atoms with Crippen molar-refractivity contribution in [3.63, 3.8) is 0 Å². The van der Waals surface area contributed by atoms with E-state index >= 15 is 0 Å². The van der Waals surface area contributed by atoms with Crippen LogP contribution in [-0.4, -0.2) is 36.3 Å². The molecule has 134 valence electrons. The van der Waals surface area contributed by atoms with Crippen molar-refractivity contribution in [1.82, 2.24) is 10.6 Å². The third-order valence-corrected chi connectivity index (χ3v) is 4.90. The average Bonchev–Trinajstić information content (AvgIpc) is 3.07. The number of rotatable bonds is 5. The zero-order chi connectivity index (χ0) is 17.6. The molecular formula is C19H25N3O3. The molecule has 1 aromatic carbocycles. The van der Waals surface area contributed by atoms with E-state index in [1.165, 1.54) is 11.3 Å². The van der Waals surface area contributed by atoms with E-state index in [0.717, 1.165) is 25.7 Å². The minimum atomic E-state index is -0.546. The van der Waals surface area contributed by atoms with Crippen LogP contribution < -0.4 is 15.5 Å². The van der Waals surface area contributed by atoms with Crippen LogP contribution in [-0.2, 0) is 14.4 Å². The highest BCUT2D eigenvalue weighted by Gasteiger charge is 2.32. The number of nitrogens with one attached hydrogen (secondary N) is 2. The average molecular weight is 343 g/mol. The van der Waals surface area contributed by atoms with Crippen molar-refractivity contribution in [3.05, 3.63) is 30.3 Å². The highest BCUT2D eigenvalue weighted by Crippen LogP contribution is 2.19. The van der Waals surface area contributed by atoms with Crippen LogP contribution in [0.5, 0.6) is 0 Å². The van der Waals surface area contributed by atoms with Gasteiger partial charge >= 0.3 is 0 Å². The highest BCUT2D eigenvalue weighted by molar-refractivity contribution is 6.04. The van der Waals surface area contributed by atoms with Gasteiger partial charge in [0.05, 0.1) is 0 Å². The number of hydrogen-bond acceptors (Lipinski definition) is 3. The minimum absolute atomic E-state index is 0.0221. The summed E-state index contributed by atoms with van der Waals surface area (Å²) < 4.78 is 0. The van der Waals surface area contributed by atoms with E-state index in [1.807, 2.05) is 30.3 Å². The molecule has 0 aromatic heterocycles. The molecule has 3 rings (SSSR count). The summed E-state index contributed by atoms with van der Waals surface area (Å²) in [6.45, 7) is -0.0221. The number of benzene rings is 1. The molecule has 2 fully saturated rings. The second-order valence-electron chi connectivity index (χ2n) is 6.82. The number of carbonyl (C=O) groups is 3. The molecule has 2 aliphatic rings. The topological polar surface area (TPSA) is 78.5 Å². The Hall–Kier alpha value is -2.37. The molecule has 2 N–H and O–H groups in total. The summed E-state index contributed by atoms with van der Waals surface area (Å²) in [4.78, 5) is 38.3. The maximum absolute atomic E-state index is 12.9. The maximum Gasteiger partial charge on any atom is 0.250 e. The lowest BCUT2D eigenvalue weighted by Gasteiger charge is -2.27. The fourth-order valence-electron chi connectivity index (χ4n) is 3.56. The number of amides is 3. The van der Waals surface area contributed by atoms with E-state index in [1.54, 1.807) is 0 Å². The summed E-state index contributed by atoms with van der Waals surface area (Å²) in [5.74, 6) is -0.484. The van der Waals surface area contributed by atoms with Crippen LogP contribution in [0.4, 0.5) is 5.69 Å². The molecule has 1 saturated heterocycles. The Morgan fingerprint density at radius 2 is 1.80 bits per heavy atom. The van der Waals surface area contributed by atoms with Crippen molar-refractivity contribution in [2.24, 2.45) is 0 Å². The number of nitrogens with zero attached hydrogens (tertiary/aromatic N) is 1. The monoisotopic (exact) mass is 343 g/mol. The first-order valence-corrected chi connectivity index (χ1v) is 9.08. The second kappa shape index (κ2) is 8.14. The third kappa shape index (κ3) is 4.59. The normalized spacial score (nSPS) is 20.8. The van der Waals surface area contributed by atoms with E-state index in [2.05, 4.69) is 10.6 Å². The van der Waals surface area contributed by atoms with Crippen LogP contribution in [0.2, 0.25) is 0 Å². The molecule has 6 nitrogen and oxygen atoms in total. The van der Waals surface area contributed by atoms with Gasteiger partial charge in [-0.25, -0.2) is 0 Å². The molecule has 0 radical (unpaired) electrons. The first-order valence-electron chi connectivity index (χ1n) is 9.08. The van der Waals surface area contributed by atoms with E-state index in [4.69, 9.17) is 0 Å². The van der Waals surface area contributed by atoms with Crippen LogP contribution in [0, 0.1) is 0 Å². The van der Waals surface area contributed by atoms with Gasteiger partial charge in [-0.3, -0.25) is 14.4 Å². The van der Waals surface area contributed by atoms with Crippen LogP contribution in [0.15, 0.2) is 30.3 Å². The molecular weight excluding hydrogens is 318 g/mol. The minimum Gasteiger partial charge on any atom is -0.352 e. The summed E-state index contributed by atoms with van der Waals surface area (Å²) in [7, 11) is 0. The molecule has 1 heterocycles. The fraction of sp³-hybridized carbons (Fsp3) is 0.526. The van der Waals surface area contributed by atoms with Gasteiger partial charge in [-0.15, -0.1) is 0 Å². The predicted molar refractivity (Wildman–Crippen MR) is 95.0 cm³/mol. The van der Waals surface area contributed by atoms with Crippen molar-refractivity contribution >= 4 is 23.4 Å². The van der Waals surface area contributed by atoms with Crippen molar-refractivity contribution in [2.75, 3.05) is 11.4 Å². The quantitative estimate of drug-likeness (QED) is 0.855. The molecule has 1 unspecified atom stereocenters. The first-order chi connectivity index (χ1) is 12.1. The van der Waals surface area contributed by atoms with Crippen LogP contribution in [0.1, 0.15) is 44.9 Å². The van der Waals surface area contributed by atoms with Gasteiger partial charge in [0, 0.05) is 18.2 Å². The van der Waals surface area contributed by atoms with E-state index in [9.17, 15) is 14.4 Å². The van der Waals surface area contributed by atoms with Gasteiger partial charge in [0.2, 0.25) is 17.7 Å². The molecule has 1 aromatic rings. The maximum atomic E-state index is 12.9. The lowest BCUT2D eigenvalue weighted by Crippen LogP contribution is -2.50. The summed E-state index contributed by atoms with van der Waals surface area (Å²) in [6.07, 6.45) is 6.34. The molecule has 1 aliphatic heterocycles. The van der Waals surface area contributed by atoms with Gasteiger partial charge in [-0.2, -0.15) is 0 Å². The summed E-state index contributed by atoms with van der Waals surface area (Å²) in [5.41, 5.74) is 0.674. The Morgan fingerprint density at radius 1 is 1.08 bits per heavy atom. The molecule has 6 heteroatoms. The molecule has 3 amide bonds. The predicted octanol–water partition coefficient (Wildman–Crippen LogP) is 1.75. The van der Waals surface area contributed by atoms with Gasteiger partial charge in [0.25, 0.3) is 0 Å². The lowest BCUT2D eigenvalue weighted by molar-refractivity contribution is -0.126. The molecule has 0 spiro atoms. The third-order valence-electron chi connectivity index (χ3n) is 4.90. The van der Waals surface area contributed by atoms with Crippen molar-refractivity contribution < 1.29 is 14.4 Å². The lowest BCUT2D eigenvalue weighted by atomic mass is 9.95. The van der Waals surface area contributed by atoms with Gasteiger partial charge in [0.1, 0.15) is 12.6 Å². The van der Waals surface area contributed by atoms with Crippen molar-refractivity contribution in [1.29, 1.82) is 0 Å². The van der Waals surface area contributed by atoms with Crippen LogP contribution >= 0.6 is 0 Å². The SMILES string of the molecule is O=C(CN(C(=O)C1CCC(=O)N1)c1ccccc1)NC1CCCCC1. The zero-order valence-corrected chi connectivity index (χ0v) is 14.4. The van der Waals surface area contributed by atoms with Crippen LogP contribution in [0.25, 0.3) is 0 Å². The number of anilines is 1. The van der Waals surface area contributed by atoms with E-state index in [0.29, 0.717) is 18.5 Å². The van der Waals surface area contributed by atoms with Crippen molar-refractivity contribution in [3.8, 4) is 0 Å². The van der Waals surface area contributed by atoms with Gasteiger partial charge in [-0.1, -0.05) is 37.5 Å². The molecule has 1 aliphatic carbocycles. The summed E-state index contributed by atoms with van der Waals surface area (Å²) in [6, 6.07) is 8.82. The Bertz CT molecular complexity index is 626. The van der Waals surface area contributed by atoms with Crippen molar-refractivity contribution in [2.45, 2.75) is 57.0 Å². The van der Waals surface area contributed by atoms with Gasteiger partial charge in [0.15, 0.2) is 0 Å². The number of hydrogen-bond donors (Lipinski definition) is 2. The Kier molecular flexibility index (Phi) is 5.68. The van der Waals surface area contributed by atoms with E-state index in [-0.39, 0.29) is 30.3 Å². The molecule has 1 saturated carbocycles. The first kappa shape index (κ1) is 17.5. The number of para-hydroxylation sites is 1. The smallest absolute Gasteiger partial charge is 0.250 e. The zero-order valence-electron chi connectivity index (χ0n) is 14.4. The Morgan fingerprint density at radius 3 is 2.44 bits per heavy atom. The highest BCUT2D eigenvalue weighted by atomic mass is 16.2. The molecule has 1 atom stereocenters. The number of carbonyl (C=O) groups excluding carboxylic acids is 3. The van der Waals surface area contributed by atoms with E-state index < -0.39 is 6.04 Å². The Labute approximate surface area is 148 Å². The summed E-state index contributed by atoms with van der Waals surface area (Å²) >= 11 is 0.